The summed E-state index contributed by atoms with van der Waals surface area (Å²) in [5.74, 6) is -1.75. The maximum atomic E-state index is 10.8. The average molecular weight is 280 g/mol. The first-order valence-electron chi connectivity index (χ1n) is 5.65. The first kappa shape index (κ1) is 15.4. The number of hydrogen-bond donors (Lipinski definition) is 3. The van der Waals surface area contributed by atoms with Crippen molar-refractivity contribution in [2.75, 3.05) is 6.61 Å². The highest BCUT2D eigenvalue weighted by Crippen LogP contribution is 2.13. The fourth-order valence-electron chi connectivity index (χ4n) is 1.37. The zero-order valence-corrected chi connectivity index (χ0v) is 10.4. The van der Waals surface area contributed by atoms with E-state index in [-0.39, 0.29) is 24.3 Å². The van der Waals surface area contributed by atoms with E-state index < -0.39 is 17.9 Å². The highest BCUT2D eigenvalue weighted by molar-refractivity contribution is 6.44. The Labute approximate surface area is 114 Å². The number of carboxylic acid groups (broad SMARTS) is 1. The molecule has 1 aromatic carbocycles. The lowest BCUT2D eigenvalue weighted by Gasteiger charge is -2.09. The van der Waals surface area contributed by atoms with Gasteiger partial charge in [0.1, 0.15) is 11.8 Å². The molecule has 0 heterocycles. The quantitative estimate of drug-likeness (QED) is 0.360. The number of amides is 1. The minimum Gasteiger partial charge on any atom is -0.494 e. The predicted octanol–water partition coefficient (Wildman–Crippen LogP) is -0.145. The van der Waals surface area contributed by atoms with Crippen LogP contribution in [0.5, 0.6) is 5.75 Å². The fraction of sp³-hybridized carbons (Fsp3) is 0.250. The van der Waals surface area contributed by atoms with Crippen molar-refractivity contribution in [3.8, 4) is 5.75 Å². The summed E-state index contributed by atoms with van der Waals surface area (Å²) in [5, 5.41) is 20.0. The van der Waals surface area contributed by atoms with Crippen molar-refractivity contribution >= 4 is 17.6 Å². The lowest BCUT2D eigenvalue weighted by atomic mass is 10.1. The van der Waals surface area contributed by atoms with Crippen LogP contribution in [-0.4, -0.2) is 40.6 Å². The molecule has 8 heteroatoms. The molecule has 0 saturated carbocycles. The highest BCUT2D eigenvalue weighted by atomic mass is 16.5. The molecule has 5 N–H and O–H groups in total. The van der Waals surface area contributed by atoms with Gasteiger partial charge in [0.2, 0.25) is 0 Å². The lowest BCUT2D eigenvalue weighted by Crippen LogP contribution is -2.31. The molecule has 1 rings (SSSR count). The van der Waals surface area contributed by atoms with Crippen molar-refractivity contribution in [3.63, 3.8) is 0 Å². The van der Waals surface area contributed by atoms with E-state index in [1.54, 1.807) is 0 Å². The standard InChI is InChI=1S/C12H14N3O5/c13-9(12(17)18)5-6-20-8-3-1-7(2-4-8)10(15-19)11(14)16/h1-4,9,14,19H,5-6,13H2,(H,17,18)/b15-10-. The number of carboxylic acids is 1. The molecule has 107 valence electrons. The number of carbonyl (C=O) groups excluding carboxylic acids is 1. The highest BCUT2D eigenvalue weighted by Gasteiger charge is 2.13. The molecule has 1 atom stereocenters. The second-order valence-electron chi connectivity index (χ2n) is 3.88. The summed E-state index contributed by atoms with van der Waals surface area (Å²) >= 11 is 0. The molecule has 1 amide bonds. The number of aliphatic carboxylic acids is 1. The number of nitrogens with one attached hydrogen (secondary N) is 1. The molecule has 0 aliphatic rings. The number of benzene rings is 1. The molecule has 0 bridgehead atoms. The summed E-state index contributed by atoms with van der Waals surface area (Å²) in [5.41, 5.74) is 12.1. The van der Waals surface area contributed by atoms with Gasteiger partial charge in [-0.25, -0.2) is 0 Å². The van der Waals surface area contributed by atoms with Gasteiger partial charge < -0.3 is 20.8 Å². The third kappa shape index (κ3) is 4.25. The van der Waals surface area contributed by atoms with Crippen LogP contribution in [0.2, 0.25) is 0 Å². The van der Waals surface area contributed by atoms with Crippen molar-refractivity contribution in [2.45, 2.75) is 12.5 Å². The largest absolute Gasteiger partial charge is 0.494 e. The van der Waals surface area contributed by atoms with Gasteiger partial charge >= 0.3 is 5.97 Å². The number of carbonyl (C=O) groups is 2. The second kappa shape index (κ2) is 7.10. The normalized spacial score (nSPS) is 12.8. The van der Waals surface area contributed by atoms with Crippen molar-refractivity contribution in [1.29, 1.82) is 0 Å². The lowest BCUT2D eigenvalue weighted by molar-refractivity contribution is -0.138. The van der Waals surface area contributed by atoms with Crippen LogP contribution in [0.15, 0.2) is 29.4 Å². The van der Waals surface area contributed by atoms with Crippen molar-refractivity contribution in [1.82, 2.24) is 5.73 Å². The van der Waals surface area contributed by atoms with Crippen LogP contribution in [0.1, 0.15) is 12.0 Å². The Kier molecular flexibility index (Phi) is 5.48. The van der Waals surface area contributed by atoms with Crippen LogP contribution in [0, 0.1) is 0 Å². The first-order valence-corrected chi connectivity index (χ1v) is 5.65. The molecule has 0 aromatic heterocycles. The summed E-state index contributed by atoms with van der Waals surface area (Å²) < 4.78 is 5.28. The van der Waals surface area contributed by atoms with E-state index in [0.717, 1.165) is 0 Å². The molecule has 1 radical (unpaired) electrons. The summed E-state index contributed by atoms with van der Waals surface area (Å²) in [7, 11) is 0. The van der Waals surface area contributed by atoms with Crippen molar-refractivity contribution in [3.05, 3.63) is 29.8 Å². The fourth-order valence-corrected chi connectivity index (χ4v) is 1.37. The van der Waals surface area contributed by atoms with E-state index in [0.29, 0.717) is 5.75 Å². The minimum atomic E-state index is -1.10. The third-order valence-electron chi connectivity index (χ3n) is 2.46. The summed E-state index contributed by atoms with van der Waals surface area (Å²) in [4.78, 5) is 21.3. The van der Waals surface area contributed by atoms with E-state index >= 15 is 0 Å². The van der Waals surface area contributed by atoms with Crippen LogP contribution < -0.4 is 16.2 Å². The van der Waals surface area contributed by atoms with Gasteiger partial charge in [0, 0.05) is 12.0 Å². The van der Waals surface area contributed by atoms with Gasteiger partial charge in [-0.2, -0.15) is 0 Å². The molecular weight excluding hydrogens is 266 g/mol. The van der Waals surface area contributed by atoms with E-state index in [1.807, 2.05) is 0 Å². The molecule has 1 aromatic rings. The number of nitrogens with two attached hydrogens (primary N) is 1. The van der Waals surface area contributed by atoms with Crippen molar-refractivity contribution < 1.29 is 24.6 Å². The van der Waals surface area contributed by atoms with E-state index in [2.05, 4.69) is 5.16 Å². The molecule has 0 fully saturated rings. The Morgan fingerprint density at radius 3 is 2.40 bits per heavy atom. The van der Waals surface area contributed by atoms with Gasteiger partial charge in [-0.1, -0.05) is 5.16 Å². The number of rotatable bonds is 7. The van der Waals surface area contributed by atoms with Gasteiger partial charge in [0.05, 0.1) is 6.61 Å². The SMILES string of the molecule is [NH]C(=O)/C(=N\O)c1ccc(OCCC(N)C(=O)O)cc1. The Balaban J connectivity index is 2.59. The molecule has 0 aliphatic heterocycles. The Hall–Kier alpha value is -2.61. The molecule has 0 saturated heterocycles. The smallest absolute Gasteiger partial charge is 0.320 e. The van der Waals surface area contributed by atoms with Crippen LogP contribution in [0.25, 0.3) is 0 Å². The van der Waals surface area contributed by atoms with Gasteiger partial charge in [-0.15, -0.1) is 0 Å². The Bertz CT molecular complexity index is 512. The number of nitrogens with zero attached hydrogens (tertiary/aromatic N) is 1. The van der Waals surface area contributed by atoms with E-state index in [1.165, 1.54) is 24.3 Å². The van der Waals surface area contributed by atoms with Crippen LogP contribution in [-0.2, 0) is 9.59 Å². The Morgan fingerprint density at radius 1 is 1.35 bits per heavy atom. The van der Waals surface area contributed by atoms with E-state index in [9.17, 15) is 9.59 Å². The number of hydrogen-bond acceptors (Lipinski definition) is 6. The topological polar surface area (TPSA) is 146 Å². The zero-order valence-electron chi connectivity index (χ0n) is 10.4. The first-order chi connectivity index (χ1) is 9.45. The monoisotopic (exact) mass is 280 g/mol. The molecule has 8 nitrogen and oxygen atoms in total. The van der Waals surface area contributed by atoms with Crippen molar-refractivity contribution in [2.24, 2.45) is 10.9 Å². The molecule has 0 aliphatic carbocycles. The average Bonchev–Trinajstić information content (AvgIpc) is 2.40. The number of oxime groups is 1. The van der Waals surface area contributed by atoms with Gasteiger partial charge in [-0.3, -0.25) is 15.3 Å². The van der Waals surface area contributed by atoms with E-state index in [4.69, 9.17) is 26.5 Å². The minimum absolute atomic E-state index is 0.130. The predicted molar refractivity (Wildman–Crippen MR) is 68.6 cm³/mol. The molecular formula is C12H14N3O5. The maximum Gasteiger partial charge on any atom is 0.320 e. The Morgan fingerprint density at radius 2 is 1.95 bits per heavy atom. The van der Waals surface area contributed by atoms with Gasteiger partial charge in [0.25, 0.3) is 5.91 Å². The summed E-state index contributed by atoms with van der Waals surface area (Å²) in [6.45, 7) is 0.130. The van der Waals surface area contributed by atoms with Crippen LogP contribution >= 0.6 is 0 Å². The maximum absolute atomic E-state index is 10.8. The molecule has 1 unspecified atom stereocenters. The molecule has 20 heavy (non-hydrogen) atoms. The molecule has 0 spiro atoms. The van der Waals surface area contributed by atoms with Gasteiger partial charge in [-0.05, 0) is 24.3 Å². The number of ether oxygens (including phenoxy) is 1. The van der Waals surface area contributed by atoms with Crippen LogP contribution in [0.4, 0.5) is 0 Å². The zero-order chi connectivity index (χ0) is 15.1. The third-order valence-corrected chi connectivity index (χ3v) is 2.46. The van der Waals surface area contributed by atoms with Crippen LogP contribution in [0.3, 0.4) is 0 Å². The summed E-state index contributed by atoms with van der Waals surface area (Å²) in [6, 6.07) is 4.94. The van der Waals surface area contributed by atoms with Gasteiger partial charge in [0.15, 0.2) is 5.71 Å². The summed E-state index contributed by atoms with van der Waals surface area (Å²) in [6.07, 6.45) is 0.158. The second-order valence-corrected chi connectivity index (χ2v) is 3.88.